The maximum atomic E-state index is 12.8. The van der Waals surface area contributed by atoms with Gasteiger partial charge in [-0.25, -0.2) is 0 Å². The Morgan fingerprint density at radius 2 is 2.31 bits per heavy atom. The molecule has 154 valence electrons. The lowest BCUT2D eigenvalue weighted by molar-refractivity contribution is 0.102. The van der Waals surface area contributed by atoms with Gasteiger partial charge in [0, 0.05) is 35.0 Å². The zero-order valence-electron chi connectivity index (χ0n) is 16.5. The normalized spacial score (nSPS) is 16.4. The van der Waals surface area contributed by atoms with Crippen molar-refractivity contribution in [3.8, 4) is 0 Å². The molecule has 6 nitrogen and oxygen atoms in total. The molecule has 1 atom stereocenters. The van der Waals surface area contributed by atoms with Crippen molar-refractivity contribution >= 4 is 45.4 Å². The third-order valence-electron chi connectivity index (χ3n) is 5.01. The predicted molar refractivity (Wildman–Crippen MR) is 120 cm³/mol. The molecule has 0 radical (unpaired) electrons. The molecular weight excluding hydrogens is 424 g/mol. The highest BCUT2D eigenvalue weighted by atomic mass is 32.2. The van der Waals surface area contributed by atoms with Gasteiger partial charge in [0.1, 0.15) is 0 Å². The van der Waals surface area contributed by atoms with Gasteiger partial charge in [-0.15, -0.1) is 21.5 Å². The first-order valence-electron chi connectivity index (χ1n) is 9.64. The van der Waals surface area contributed by atoms with E-state index in [2.05, 4.69) is 44.5 Å². The highest BCUT2D eigenvalue weighted by Crippen LogP contribution is 2.28. The van der Waals surface area contributed by atoms with Crippen LogP contribution in [0.3, 0.4) is 0 Å². The van der Waals surface area contributed by atoms with E-state index in [-0.39, 0.29) is 11.9 Å². The summed E-state index contributed by atoms with van der Waals surface area (Å²) in [5.41, 5.74) is 2.94. The summed E-state index contributed by atoms with van der Waals surface area (Å²) < 4.78 is 8.62. The first-order valence-corrected chi connectivity index (χ1v) is 12.3. The fourth-order valence-electron chi connectivity index (χ4n) is 3.44. The van der Waals surface area contributed by atoms with E-state index < -0.39 is 0 Å². The Morgan fingerprint density at radius 1 is 1.41 bits per heavy atom. The number of aryl methyl sites for hydroxylation is 1. The maximum absolute atomic E-state index is 12.8. The average molecular weight is 449 g/mol. The molecule has 0 bridgehead atoms. The number of nitrogens with zero attached hydrogens (tertiary/aromatic N) is 3. The molecule has 1 aliphatic rings. The number of thiophene rings is 1. The molecule has 1 saturated heterocycles. The van der Waals surface area contributed by atoms with Crippen molar-refractivity contribution in [2.24, 2.45) is 0 Å². The van der Waals surface area contributed by atoms with Gasteiger partial charge in [0.15, 0.2) is 10.1 Å². The number of aromatic nitrogens is 3. The van der Waals surface area contributed by atoms with Gasteiger partial charge in [-0.1, -0.05) is 29.2 Å². The minimum absolute atomic E-state index is 0.129. The summed E-state index contributed by atoms with van der Waals surface area (Å²) in [5.74, 6) is 0.494. The number of nitrogens with one attached hydrogen (secondary N) is 1. The zero-order valence-corrected chi connectivity index (χ0v) is 19.0. The second kappa shape index (κ2) is 9.42. The highest BCUT2D eigenvalue weighted by molar-refractivity contribution is 8.01. The van der Waals surface area contributed by atoms with E-state index in [1.807, 2.05) is 13.0 Å². The van der Waals surface area contributed by atoms with Gasteiger partial charge in [-0.3, -0.25) is 4.79 Å². The highest BCUT2D eigenvalue weighted by Gasteiger charge is 2.18. The predicted octanol–water partition coefficient (Wildman–Crippen LogP) is 4.63. The zero-order chi connectivity index (χ0) is 20.2. The number of Topliss-reactive ketones (excluding diaryl/α,β-unsaturated/α-hetero) is 1. The van der Waals surface area contributed by atoms with Crippen molar-refractivity contribution in [3.63, 3.8) is 0 Å². The van der Waals surface area contributed by atoms with Crippen LogP contribution in [0.15, 0.2) is 27.9 Å². The van der Waals surface area contributed by atoms with E-state index in [0.717, 1.165) is 59.0 Å². The number of ether oxygens (including phenoxy) is 1. The molecule has 0 saturated carbocycles. The Bertz CT molecular complexity index is 959. The summed E-state index contributed by atoms with van der Waals surface area (Å²) in [5, 5.41) is 14.5. The number of hydrogen-bond donors (Lipinski definition) is 1. The second-order valence-electron chi connectivity index (χ2n) is 7.05. The molecule has 0 aliphatic carbocycles. The molecule has 9 heteroatoms. The van der Waals surface area contributed by atoms with E-state index in [9.17, 15) is 4.79 Å². The molecule has 0 amide bonds. The maximum Gasteiger partial charge on any atom is 0.206 e. The number of hydrogen-bond acceptors (Lipinski definition) is 8. The lowest BCUT2D eigenvalue weighted by Crippen LogP contribution is -2.18. The standard InChI is InChI=1S/C20H24N4O2S3/c1-13-9-17(14(2)24(13)11-16-6-4-8-27-16)18(25)12-28-20-23-22-19(29-20)21-10-15-5-3-7-26-15/h4,6,8-9,15H,3,5,7,10-12H2,1-2H3,(H,21,22). The first kappa shape index (κ1) is 20.6. The monoisotopic (exact) mass is 448 g/mol. The van der Waals surface area contributed by atoms with E-state index >= 15 is 0 Å². The third-order valence-corrected chi connectivity index (χ3v) is 7.88. The minimum atomic E-state index is 0.129. The molecule has 1 fully saturated rings. The molecule has 0 spiro atoms. The Balaban J connectivity index is 1.33. The average Bonchev–Trinajstić information content (AvgIpc) is 3.50. The van der Waals surface area contributed by atoms with Gasteiger partial charge in [0.05, 0.1) is 18.4 Å². The summed E-state index contributed by atoms with van der Waals surface area (Å²) in [7, 11) is 0. The number of ketones is 1. The summed E-state index contributed by atoms with van der Waals surface area (Å²) in [6.07, 6.45) is 2.48. The van der Waals surface area contributed by atoms with Crippen molar-refractivity contribution in [2.45, 2.75) is 43.7 Å². The molecule has 1 N–H and O–H groups in total. The molecule has 3 aromatic heterocycles. The largest absolute Gasteiger partial charge is 0.376 e. The van der Waals surface area contributed by atoms with Gasteiger partial charge in [0.25, 0.3) is 0 Å². The van der Waals surface area contributed by atoms with E-state index in [4.69, 9.17) is 4.74 Å². The second-order valence-corrected chi connectivity index (χ2v) is 10.3. The van der Waals surface area contributed by atoms with Gasteiger partial charge < -0.3 is 14.6 Å². The van der Waals surface area contributed by atoms with Crippen LogP contribution in [0, 0.1) is 13.8 Å². The molecule has 29 heavy (non-hydrogen) atoms. The quantitative estimate of drug-likeness (QED) is 0.380. The lowest BCUT2D eigenvalue weighted by Gasteiger charge is -2.08. The van der Waals surface area contributed by atoms with Crippen LogP contribution in [0.2, 0.25) is 0 Å². The fraction of sp³-hybridized carbons (Fsp3) is 0.450. The van der Waals surface area contributed by atoms with Crippen LogP contribution >= 0.6 is 34.4 Å². The number of anilines is 1. The summed E-state index contributed by atoms with van der Waals surface area (Å²) >= 11 is 4.67. The summed E-state index contributed by atoms with van der Waals surface area (Å²) in [6, 6.07) is 6.18. The number of carbonyl (C=O) groups is 1. The number of rotatable bonds is 9. The molecule has 1 aliphatic heterocycles. The number of carbonyl (C=O) groups excluding carboxylic acids is 1. The lowest BCUT2D eigenvalue weighted by atomic mass is 10.2. The molecule has 4 heterocycles. The topological polar surface area (TPSA) is 69.0 Å². The smallest absolute Gasteiger partial charge is 0.206 e. The van der Waals surface area contributed by atoms with Crippen molar-refractivity contribution in [1.29, 1.82) is 0 Å². The fourth-order valence-corrected chi connectivity index (χ4v) is 5.77. The van der Waals surface area contributed by atoms with Crippen LogP contribution in [-0.4, -0.2) is 45.6 Å². The molecular formula is C20H24N4O2S3. The van der Waals surface area contributed by atoms with Gasteiger partial charge in [-0.05, 0) is 44.2 Å². The Hall–Kier alpha value is -1.68. The molecule has 4 rings (SSSR count). The van der Waals surface area contributed by atoms with Crippen LogP contribution in [0.4, 0.5) is 5.13 Å². The summed E-state index contributed by atoms with van der Waals surface area (Å²) in [6.45, 7) is 6.50. The Labute approximate surface area is 182 Å². The first-order chi connectivity index (χ1) is 14.1. The number of thioether (sulfide) groups is 1. The minimum Gasteiger partial charge on any atom is -0.376 e. The SMILES string of the molecule is Cc1cc(C(=O)CSc2nnc(NCC3CCCO3)s2)c(C)n1Cc1cccs1. The van der Waals surface area contributed by atoms with Gasteiger partial charge in [-0.2, -0.15) is 0 Å². The van der Waals surface area contributed by atoms with E-state index in [1.54, 1.807) is 11.3 Å². The molecule has 0 aromatic carbocycles. The van der Waals surface area contributed by atoms with Gasteiger partial charge in [0.2, 0.25) is 5.13 Å². The van der Waals surface area contributed by atoms with Crippen molar-refractivity contribution in [2.75, 3.05) is 24.2 Å². The van der Waals surface area contributed by atoms with Crippen LogP contribution in [0.1, 0.15) is 39.5 Å². The Kier molecular flexibility index (Phi) is 6.69. The van der Waals surface area contributed by atoms with Crippen molar-refractivity contribution in [3.05, 3.63) is 45.4 Å². The Morgan fingerprint density at radius 3 is 3.07 bits per heavy atom. The van der Waals surface area contributed by atoms with Crippen molar-refractivity contribution in [1.82, 2.24) is 14.8 Å². The van der Waals surface area contributed by atoms with Crippen LogP contribution in [0.5, 0.6) is 0 Å². The van der Waals surface area contributed by atoms with Crippen LogP contribution in [-0.2, 0) is 11.3 Å². The van der Waals surface area contributed by atoms with Crippen LogP contribution < -0.4 is 5.32 Å². The van der Waals surface area contributed by atoms with Crippen LogP contribution in [0.25, 0.3) is 0 Å². The third kappa shape index (κ3) is 5.09. The van der Waals surface area contributed by atoms with Crippen molar-refractivity contribution < 1.29 is 9.53 Å². The summed E-state index contributed by atoms with van der Waals surface area (Å²) in [4.78, 5) is 14.1. The molecule has 1 unspecified atom stereocenters. The van der Waals surface area contributed by atoms with E-state index in [0.29, 0.717) is 5.75 Å². The van der Waals surface area contributed by atoms with Gasteiger partial charge >= 0.3 is 0 Å². The molecule has 3 aromatic rings. The van der Waals surface area contributed by atoms with E-state index in [1.165, 1.54) is 28.0 Å².